The monoisotopic (exact) mass is 371 g/mol. The highest BCUT2D eigenvalue weighted by molar-refractivity contribution is 7.12. The van der Waals surface area contributed by atoms with Gasteiger partial charge in [-0.1, -0.05) is 18.2 Å². The molecule has 2 aromatic rings. The fourth-order valence-corrected chi connectivity index (χ4v) is 3.50. The minimum absolute atomic E-state index is 0.0714. The van der Waals surface area contributed by atoms with Crippen molar-refractivity contribution in [3.8, 4) is 0 Å². The molecular formula is C19H21N3O3S. The Morgan fingerprint density at radius 1 is 1.00 bits per heavy atom. The first-order valence-corrected chi connectivity index (χ1v) is 9.53. The molecule has 0 unspecified atom stereocenters. The van der Waals surface area contributed by atoms with Gasteiger partial charge in [0.15, 0.2) is 0 Å². The van der Waals surface area contributed by atoms with Crippen LogP contribution in [-0.4, -0.2) is 42.3 Å². The standard InChI is InChI=1S/C19H21N3O3S/c23-17(22-11-3-4-12-22)9-10-20-18(24)14-6-1-2-7-15(14)21-19(25)16-8-5-13-26-16/h1-2,5-8,13H,3-4,9-12H2,(H,20,24)(H,21,25). The molecule has 1 saturated heterocycles. The van der Waals surface area contributed by atoms with Crippen molar-refractivity contribution in [3.05, 3.63) is 52.2 Å². The fraction of sp³-hybridized carbons (Fsp3) is 0.316. The molecule has 0 bridgehead atoms. The molecule has 1 aliphatic heterocycles. The Morgan fingerprint density at radius 2 is 1.77 bits per heavy atom. The summed E-state index contributed by atoms with van der Waals surface area (Å²) in [5, 5.41) is 7.36. The predicted molar refractivity (Wildman–Crippen MR) is 101 cm³/mol. The van der Waals surface area contributed by atoms with Gasteiger partial charge in [-0.2, -0.15) is 0 Å². The van der Waals surface area contributed by atoms with Gasteiger partial charge in [0.1, 0.15) is 0 Å². The third-order valence-corrected chi connectivity index (χ3v) is 5.12. The van der Waals surface area contributed by atoms with E-state index < -0.39 is 0 Å². The van der Waals surface area contributed by atoms with Crippen molar-refractivity contribution < 1.29 is 14.4 Å². The molecule has 0 aliphatic carbocycles. The highest BCUT2D eigenvalue weighted by atomic mass is 32.1. The summed E-state index contributed by atoms with van der Waals surface area (Å²) in [6.45, 7) is 1.90. The van der Waals surface area contributed by atoms with E-state index in [1.54, 1.807) is 36.4 Å². The summed E-state index contributed by atoms with van der Waals surface area (Å²) < 4.78 is 0. The summed E-state index contributed by atoms with van der Waals surface area (Å²) in [6.07, 6.45) is 2.39. The van der Waals surface area contributed by atoms with Crippen LogP contribution in [0.25, 0.3) is 0 Å². The number of para-hydroxylation sites is 1. The van der Waals surface area contributed by atoms with Crippen LogP contribution in [0.2, 0.25) is 0 Å². The molecule has 136 valence electrons. The van der Waals surface area contributed by atoms with E-state index in [0.717, 1.165) is 25.9 Å². The Kier molecular flexibility index (Phi) is 6.01. The third kappa shape index (κ3) is 4.49. The first-order valence-electron chi connectivity index (χ1n) is 8.65. The number of carbonyl (C=O) groups is 3. The summed E-state index contributed by atoms with van der Waals surface area (Å²) in [7, 11) is 0. The topological polar surface area (TPSA) is 78.5 Å². The fourth-order valence-electron chi connectivity index (χ4n) is 2.88. The van der Waals surface area contributed by atoms with Crippen LogP contribution in [0.4, 0.5) is 5.69 Å². The molecule has 7 heteroatoms. The van der Waals surface area contributed by atoms with Gasteiger partial charge >= 0.3 is 0 Å². The summed E-state index contributed by atoms with van der Waals surface area (Å²) in [5.41, 5.74) is 0.834. The molecule has 6 nitrogen and oxygen atoms in total. The van der Waals surface area contributed by atoms with E-state index in [9.17, 15) is 14.4 Å². The number of rotatable bonds is 6. The van der Waals surface area contributed by atoms with Gasteiger partial charge < -0.3 is 15.5 Å². The lowest BCUT2D eigenvalue weighted by Gasteiger charge is -2.15. The second kappa shape index (κ2) is 8.62. The SMILES string of the molecule is O=C(Nc1ccccc1C(=O)NCCC(=O)N1CCCC1)c1cccs1. The smallest absolute Gasteiger partial charge is 0.265 e. The molecule has 3 rings (SSSR count). The van der Waals surface area contributed by atoms with Crippen LogP contribution in [0.3, 0.4) is 0 Å². The normalized spacial score (nSPS) is 13.5. The molecule has 0 spiro atoms. The predicted octanol–water partition coefficient (Wildman–Crippen LogP) is 2.74. The van der Waals surface area contributed by atoms with Crippen LogP contribution in [0, 0.1) is 0 Å². The number of carbonyl (C=O) groups excluding carboxylic acids is 3. The lowest BCUT2D eigenvalue weighted by molar-refractivity contribution is -0.129. The maximum absolute atomic E-state index is 12.5. The largest absolute Gasteiger partial charge is 0.351 e. The first-order chi connectivity index (χ1) is 12.6. The average Bonchev–Trinajstić information content (AvgIpc) is 3.35. The van der Waals surface area contributed by atoms with Crippen LogP contribution in [0.15, 0.2) is 41.8 Å². The van der Waals surface area contributed by atoms with Gasteiger partial charge in [0.25, 0.3) is 11.8 Å². The summed E-state index contributed by atoms with van der Waals surface area (Å²) in [6, 6.07) is 10.4. The molecule has 3 amide bonds. The van der Waals surface area contributed by atoms with Gasteiger partial charge in [0.05, 0.1) is 16.1 Å². The van der Waals surface area contributed by atoms with Gasteiger partial charge in [-0.3, -0.25) is 14.4 Å². The molecule has 0 atom stereocenters. The van der Waals surface area contributed by atoms with Crippen LogP contribution in [0.1, 0.15) is 39.3 Å². The van der Waals surface area contributed by atoms with Crippen molar-refractivity contribution >= 4 is 34.7 Å². The van der Waals surface area contributed by atoms with Crippen LogP contribution in [-0.2, 0) is 4.79 Å². The summed E-state index contributed by atoms with van der Waals surface area (Å²) in [5.74, 6) is -0.479. The number of hydrogen-bond acceptors (Lipinski definition) is 4. The van der Waals surface area contributed by atoms with E-state index in [1.807, 2.05) is 10.3 Å². The minimum atomic E-state index is -0.304. The Balaban J connectivity index is 1.57. The maximum atomic E-state index is 12.5. The van der Waals surface area contributed by atoms with E-state index in [0.29, 0.717) is 16.1 Å². The van der Waals surface area contributed by atoms with Gasteiger partial charge in [-0.15, -0.1) is 11.3 Å². The van der Waals surface area contributed by atoms with Crippen molar-refractivity contribution in [2.75, 3.05) is 25.0 Å². The highest BCUT2D eigenvalue weighted by Gasteiger charge is 2.18. The number of likely N-dealkylation sites (tertiary alicyclic amines) is 1. The molecule has 1 fully saturated rings. The third-order valence-electron chi connectivity index (χ3n) is 4.25. The molecule has 0 saturated carbocycles. The molecule has 26 heavy (non-hydrogen) atoms. The number of thiophene rings is 1. The number of nitrogens with one attached hydrogen (secondary N) is 2. The van der Waals surface area contributed by atoms with E-state index in [-0.39, 0.29) is 30.7 Å². The van der Waals surface area contributed by atoms with E-state index in [2.05, 4.69) is 10.6 Å². The number of benzene rings is 1. The van der Waals surface area contributed by atoms with Gasteiger partial charge in [0.2, 0.25) is 5.91 Å². The van der Waals surface area contributed by atoms with Gasteiger partial charge in [-0.05, 0) is 36.4 Å². The van der Waals surface area contributed by atoms with E-state index >= 15 is 0 Å². The summed E-state index contributed by atoms with van der Waals surface area (Å²) >= 11 is 1.34. The van der Waals surface area contributed by atoms with Crippen LogP contribution < -0.4 is 10.6 Å². The Bertz CT molecular complexity index is 783. The Labute approximate surface area is 156 Å². The zero-order valence-corrected chi connectivity index (χ0v) is 15.2. The molecule has 2 N–H and O–H groups in total. The minimum Gasteiger partial charge on any atom is -0.351 e. The van der Waals surface area contributed by atoms with Crippen LogP contribution >= 0.6 is 11.3 Å². The second-order valence-corrected chi connectivity index (χ2v) is 7.02. The number of hydrogen-bond donors (Lipinski definition) is 2. The number of anilines is 1. The maximum Gasteiger partial charge on any atom is 0.265 e. The first kappa shape index (κ1) is 18.1. The summed E-state index contributed by atoms with van der Waals surface area (Å²) in [4.78, 5) is 39.1. The van der Waals surface area contributed by atoms with Crippen LogP contribution in [0.5, 0.6) is 0 Å². The Morgan fingerprint density at radius 3 is 2.50 bits per heavy atom. The molecular weight excluding hydrogens is 350 g/mol. The molecule has 1 aromatic heterocycles. The second-order valence-electron chi connectivity index (χ2n) is 6.07. The number of amides is 3. The van der Waals surface area contributed by atoms with Crippen molar-refractivity contribution in [3.63, 3.8) is 0 Å². The van der Waals surface area contributed by atoms with Crippen molar-refractivity contribution in [2.24, 2.45) is 0 Å². The van der Waals surface area contributed by atoms with E-state index in [1.165, 1.54) is 11.3 Å². The molecule has 1 aromatic carbocycles. The van der Waals surface area contributed by atoms with Gasteiger partial charge in [0, 0.05) is 26.1 Å². The highest BCUT2D eigenvalue weighted by Crippen LogP contribution is 2.18. The quantitative estimate of drug-likeness (QED) is 0.819. The molecule has 1 aliphatic rings. The molecule has 2 heterocycles. The van der Waals surface area contributed by atoms with Crippen molar-refractivity contribution in [1.29, 1.82) is 0 Å². The van der Waals surface area contributed by atoms with Crippen molar-refractivity contribution in [1.82, 2.24) is 10.2 Å². The lowest BCUT2D eigenvalue weighted by Crippen LogP contribution is -2.33. The Hall–Kier alpha value is -2.67. The average molecular weight is 371 g/mol. The van der Waals surface area contributed by atoms with E-state index in [4.69, 9.17) is 0 Å². The molecule has 0 radical (unpaired) electrons. The number of nitrogens with zero attached hydrogens (tertiary/aromatic N) is 1. The van der Waals surface area contributed by atoms with Crippen molar-refractivity contribution in [2.45, 2.75) is 19.3 Å². The lowest BCUT2D eigenvalue weighted by atomic mass is 10.1. The zero-order valence-electron chi connectivity index (χ0n) is 14.4. The zero-order chi connectivity index (χ0) is 18.4. The van der Waals surface area contributed by atoms with Gasteiger partial charge in [-0.25, -0.2) is 0 Å².